The topological polar surface area (TPSA) is 35.2 Å². The molecule has 1 aromatic carbocycles. The molecule has 0 aliphatic rings. The molecule has 0 saturated carbocycles. The maximum absolute atomic E-state index is 13.5. The average molecular weight is 234 g/mol. The van der Waals surface area contributed by atoms with E-state index in [0.29, 0.717) is 0 Å². The van der Waals surface area contributed by atoms with Crippen LogP contribution in [0.5, 0.6) is 5.75 Å². The molecule has 0 amide bonds. The molecule has 0 spiro atoms. The van der Waals surface area contributed by atoms with Crippen LogP contribution in [-0.4, -0.2) is 13.7 Å². The first-order valence-corrected chi connectivity index (χ1v) is 4.57. The van der Waals surface area contributed by atoms with Gasteiger partial charge in [-0.25, -0.2) is 8.78 Å². The highest BCUT2D eigenvalue weighted by Crippen LogP contribution is 2.31. The molecule has 0 fully saturated rings. The average Bonchev–Trinajstić information content (AvgIpc) is 2.21. The normalized spacial score (nSPS) is 11.0. The Bertz CT molecular complexity index is 393. The first kappa shape index (κ1) is 11.9. The Morgan fingerprint density at radius 2 is 2.20 bits per heavy atom. The lowest BCUT2D eigenvalue weighted by Gasteiger charge is -2.08. The van der Waals surface area contributed by atoms with E-state index in [0.717, 1.165) is 6.07 Å². The number of nitrogens with two attached hydrogens (primary N) is 1. The number of benzene rings is 1. The largest absolute Gasteiger partial charge is 0.493 e. The molecule has 82 valence electrons. The molecule has 0 aromatic heterocycles. The van der Waals surface area contributed by atoms with Crippen LogP contribution in [0, 0.1) is 11.6 Å². The van der Waals surface area contributed by atoms with Crippen molar-refractivity contribution in [3.05, 3.63) is 34.4 Å². The molecular weight excluding hydrogens is 224 g/mol. The van der Waals surface area contributed by atoms with Crippen molar-refractivity contribution < 1.29 is 13.5 Å². The van der Waals surface area contributed by atoms with E-state index in [4.69, 9.17) is 22.1 Å². The molecule has 1 aromatic rings. The third-order valence-electron chi connectivity index (χ3n) is 1.79. The van der Waals surface area contributed by atoms with E-state index in [-0.39, 0.29) is 22.9 Å². The standard InChI is InChI=1S/C10H10ClF2NO/c1-15-10-6(3-2-4-14)9(13)7(11)5-8(10)12/h2-3,5H,4,14H2,1H3/b3-2+. The van der Waals surface area contributed by atoms with Crippen LogP contribution in [0.15, 0.2) is 12.1 Å². The van der Waals surface area contributed by atoms with Crippen molar-refractivity contribution in [1.29, 1.82) is 0 Å². The van der Waals surface area contributed by atoms with Crippen molar-refractivity contribution in [2.24, 2.45) is 5.73 Å². The van der Waals surface area contributed by atoms with Gasteiger partial charge in [-0.3, -0.25) is 0 Å². The molecule has 2 nitrogen and oxygen atoms in total. The van der Waals surface area contributed by atoms with Gasteiger partial charge in [0.1, 0.15) is 0 Å². The molecule has 0 heterocycles. The number of ether oxygens (including phenoxy) is 1. The Balaban J connectivity index is 3.36. The van der Waals surface area contributed by atoms with E-state index in [2.05, 4.69) is 0 Å². The summed E-state index contributed by atoms with van der Waals surface area (Å²) in [5, 5.41) is -0.287. The highest BCUT2D eigenvalue weighted by atomic mass is 35.5. The zero-order chi connectivity index (χ0) is 11.4. The Morgan fingerprint density at radius 1 is 1.53 bits per heavy atom. The number of methoxy groups -OCH3 is 1. The number of rotatable bonds is 3. The summed E-state index contributed by atoms with van der Waals surface area (Å²) in [5.74, 6) is -1.61. The van der Waals surface area contributed by atoms with Crippen LogP contribution in [0.1, 0.15) is 5.56 Å². The van der Waals surface area contributed by atoms with Crippen molar-refractivity contribution >= 4 is 17.7 Å². The first-order chi connectivity index (χ1) is 7.11. The molecule has 0 radical (unpaired) electrons. The van der Waals surface area contributed by atoms with Crippen molar-refractivity contribution in [3.8, 4) is 5.75 Å². The summed E-state index contributed by atoms with van der Waals surface area (Å²) in [6.07, 6.45) is 2.82. The quantitative estimate of drug-likeness (QED) is 0.815. The molecule has 15 heavy (non-hydrogen) atoms. The number of hydrogen-bond acceptors (Lipinski definition) is 2. The molecule has 0 aliphatic carbocycles. The second kappa shape index (κ2) is 5.09. The fraction of sp³-hybridized carbons (Fsp3) is 0.200. The van der Waals surface area contributed by atoms with Gasteiger partial charge in [0.15, 0.2) is 17.4 Å². The predicted molar refractivity (Wildman–Crippen MR) is 56.0 cm³/mol. The highest BCUT2D eigenvalue weighted by molar-refractivity contribution is 6.31. The minimum atomic E-state index is -0.723. The van der Waals surface area contributed by atoms with Gasteiger partial charge in [0, 0.05) is 6.54 Å². The van der Waals surface area contributed by atoms with E-state index in [1.54, 1.807) is 0 Å². The molecule has 5 heteroatoms. The van der Waals surface area contributed by atoms with Crippen molar-refractivity contribution in [1.82, 2.24) is 0 Å². The van der Waals surface area contributed by atoms with Gasteiger partial charge in [0.25, 0.3) is 0 Å². The molecule has 0 unspecified atom stereocenters. The maximum Gasteiger partial charge on any atom is 0.167 e. The maximum atomic E-state index is 13.5. The van der Waals surface area contributed by atoms with Gasteiger partial charge in [0.2, 0.25) is 0 Å². The zero-order valence-corrected chi connectivity index (χ0v) is 8.81. The van der Waals surface area contributed by atoms with Gasteiger partial charge in [0.05, 0.1) is 17.7 Å². The van der Waals surface area contributed by atoms with Crippen molar-refractivity contribution in [3.63, 3.8) is 0 Å². The number of halogens is 3. The lowest BCUT2D eigenvalue weighted by molar-refractivity contribution is 0.381. The van der Waals surface area contributed by atoms with Crippen LogP contribution in [-0.2, 0) is 0 Å². The first-order valence-electron chi connectivity index (χ1n) is 4.20. The Labute approximate surface area is 91.3 Å². The molecule has 0 atom stereocenters. The minimum absolute atomic E-state index is 0.0343. The molecule has 0 bridgehead atoms. The Morgan fingerprint density at radius 3 is 2.73 bits per heavy atom. The van der Waals surface area contributed by atoms with Crippen LogP contribution in [0.25, 0.3) is 6.08 Å². The third-order valence-corrected chi connectivity index (χ3v) is 2.06. The molecule has 1 rings (SSSR count). The van der Waals surface area contributed by atoms with Gasteiger partial charge >= 0.3 is 0 Å². The van der Waals surface area contributed by atoms with E-state index in [9.17, 15) is 8.78 Å². The lowest BCUT2D eigenvalue weighted by Crippen LogP contribution is -1.97. The van der Waals surface area contributed by atoms with E-state index >= 15 is 0 Å². The van der Waals surface area contributed by atoms with Crippen LogP contribution in [0.3, 0.4) is 0 Å². The smallest absolute Gasteiger partial charge is 0.167 e. The Kier molecular flexibility index (Phi) is 4.05. The summed E-state index contributed by atoms with van der Waals surface area (Å²) in [6, 6.07) is 0.871. The minimum Gasteiger partial charge on any atom is -0.493 e. The summed E-state index contributed by atoms with van der Waals surface area (Å²) in [7, 11) is 1.26. The van der Waals surface area contributed by atoms with E-state index < -0.39 is 11.6 Å². The van der Waals surface area contributed by atoms with E-state index in [1.807, 2.05) is 0 Å². The van der Waals surface area contributed by atoms with Crippen LogP contribution in [0.2, 0.25) is 5.02 Å². The number of hydrogen-bond donors (Lipinski definition) is 1. The fourth-order valence-corrected chi connectivity index (χ4v) is 1.34. The van der Waals surface area contributed by atoms with Crippen LogP contribution < -0.4 is 10.5 Å². The molecule has 2 N–H and O–H groups in total. The fourth-order valence-electron chi connectivity index (χ4n) is 1.14. The summed E-state index contributed by atoms with van der Waals surface area (Å²) in [6.45, 7) is 0.219. The van der Waals surface area contributed by atoms with Gasteiger partial charge < -0.3 is 10.5 Å². The summed E-state index contributed by atoms with van der Waals surface area (Å²) >= 11 is 5.49. The third kappa shape index (κ3) is 2.46. The summed E-state index contributed by atoms with van der Waals surface area (Å²) in [5.41, 5.74) is 5.18. The molecular formula is C10H10ClF2NO. The second-order valence-electron chi connectivity index (χ2n) is 2.74. The summed E-state index contributed by atoms with van der Waals surface area (Å²) < 4.78 is 31.5. The second-order valence-corrected chi connectivity index (χ2v) is 3.15. The SMILES string of the molecule is COc1c(F)cc(Cl)c(F)c1/C=C/CN. The van der Waals surface area contributed by atoms with Crippen LogP contribution in [0.4, 0.5) is 8.78 Å². The zero-order valence-electron chi connectivity index (χ0n) is 8.06. The van der Waals surface area contributed by atoms with Gasteiger partial charge in [-0.1, -0.05) is 23.8 Å². The Hall–Kier alpha value is -1.13. The molecule has 0 aliphatic heterocycles. The van der Waals surface area contributed by atoms with Gasteiger partial charge in [-0.15, -0.1) is 0 Å². The predicted octanol–water partition coefficient (Wildman–Crippen LogP) is 2.60. The van der Waals surface area contributed by atoms with Crippen LogP contribution >= 0.6 is 11.6 Å². The summed E-state index contributed by atoms with van der Waals surface area (Å²) in [4.78, 5) is 0. The van der Waals surface area contributed by atoms with Crippen molar-refractivity contribution in [2.75, 3.05) is 13.7 Å². The van der Waals surface area contributed by atoms with Crippen molar-refractivity contribution in [2.45, 2.75) is 0 Å². The molecule has 0 saturated heterocycles. The van der Waals surface area contributed by atoms with Gasteiger partial charge in [-0.05, 0) is 6.07 Å². The highest BCUT2D eigenvalue weighted by Gasteiger charge is 2.16. The van der Waals surface area contributed by atoms with E-state index in [1.165, 1.54) is 19.3 Å². The van der Waals surface area contributed by atoms with Gasteiger partial charge in [-0.2, -0.15) is 0 Å². The monoisotopic (exact) mass is 233 g/mol. The lowest BCUT2D eigenvalue weighted by atomic mass is 10.1.